The van der Waals surface area contributed by atoms with Gasteiger partial charge in [-0.15, -0.1) is 11.3 Å². The van der Waals surface area contributed by atoms with Crippen molar-refractivity contribution >= 4 is 29.1 Å². The van der Waals surface area contributed by atoms with Crippen LogP contribution >= 0.6 is 23.1 Å². The van der Waals surface area contributed by atoms with E-state index in [-0.39, 0.29) is 0 Å². The van der Waals surface area contributed by atoms with E-state index in [1.54, 1.807) is 7.05 Å². The zero-order valence-corrected chi connectivity index (χ0v) is 13.9. The summed E-state index contributed by atoms with van der Waals surface area (Å²) in [6, 6.07) is 0.404. The van der Waals surface area contributed by atoms with Crippen molar-refractivity contribution < 1.29 is 13.2 Å². The van der Waals surface area contributed by atoms with Crippen LogP contribution < -0.4 is 10.6 Å². The van der Waals surface area contributed by atoms with Crippen molar-refractivity contribution in [3.63, 3.8) is 0 Å². The Morgan fingerprint density at radius 1 is 1.50 bits per heavy atom. The summed E-state index contributed by atoms with van der Waals surface area (Å²) in [5, 5.41) is 8.00. The quantitative estimate of drug-likeness (QED) is 0.646. The number of thioether (sulfide) groups is 1. The molecule has 0 aromatic carbocycles. The number of hydrogen-bond acceptors (Lipinski definition) is 4. The number of guanidine groups is 1. The van der Waals surface area contributed by atoms with Crippen LogP contribution in [0.25, 0.3) is 0 Å². The third-order valence-electron chi connectivity index (χ3n) is 3.20. The Balaban J connectivity index is 1.75. The van der Waals surface area contributed by atoms with E-state index in [4.69, 9.17) is 0 Å². The molecule has 2 rings (SSSR count). The average Bonchev–Trinajstić information content (AvgIpc) is 2.96. The number of nitrogens with zero attached hydrogens (tertiary/aromatic N) is 2. The summed E-state index contributed by atoms with van der Waals surface area (Å²) in [5.41, 5.74) is -0.811. The highest BCUT2D eigenvalue weighted by molar-refractivity contribution is 7.99. The van der Waals surface area contributed by atoms with Gasteiger partial charge in [-0.05, 0) is 18.6 Å². The van der Waals surface area contributed by atoms with Crippen molar-refractivity contribution in [2.24, 2.45) is 4.99 Å². The van der Waals surface area contributed by atoms with Gasteiger partial charge < -0.3 is 10.6 Å². The molecule has 0 saturated carbocycles. The Hall–Kier alpha value is -0.960. The first-order chi connectivity index (χ1) is 10.5. The maximum Gasteiger partial charge on any atom is 0.434 e. The number of halogens is 3. The molecule has 1 saturated heterocycles. The van der Waals surface area contributed by atoms with Crippen LogP contribution in [0.15, 0.2) is 10.4 Å². The Morgan fingerprint density at radius 2 is 2.32 bits per heavy atom. The number of rotatable bonds is 4. The molecule has 4 nitrogen and oxygen atoms in total. The molecule has 0 amide bonds. The standard InChI is InChI=1S/C13H19F3N4S2/c1-17-12(19-9-3-2-6-21-7-9)18-5-4-11-20-10(8-22-11)13(14,15)16/h8-9H,2-7H2,1H3,(H2,17,18,19). The first kappa shape index (κ1) is 17.4. The fourth-order valence-corrected chi connectivity index (χ4v) is 3.96. The summed E-state index contributed by atoms with van der Waals surface area (Å²) in [5.74, 6) is 2.96. The van der Waals surface area contributed by atoms with Gasteiger partial charge in [0.2, 0.25) is 0 Å². The van der Waals surface area contributed by atoms with E-state index in [2.05, 4.69) is 20.6 Å². The number of alkyl halides is 3. The van der Waals surface area contributed by atoms with Crippen molar-refractivity contribution in [3.8, 4) is 0 Å². The predicted octanol–water partition coefficient (Wildman–Crippen LogP) is 2.77. The second-order valence-electron chi connectivity index (χ2n) is 4.93. The largest absolute Gasteiger partial charge is 0.434 e. The number of hydrogen-bond donors (Lipinski definition) is 2. The van der Waals surface area contributed by atoms with Crippen molar-refractivity contribution in [2.75, 3.05) is 25.1 Å². The number of aromatic nitrogens is 1. The molecule has 2 N–H and O–H groups in total. The molecule has 1 fully saturated rings. The molecule has 9 heteroatoms. The van der Waals surface area contributed by atoms with E-state index in [1.807, 2.05) is 11.8 Å². The minimum atomic E-state index is -4.36. The lowest BCUT2D eigenvalue weighted by molar-refractivity contribution is -0.140. The molecule has 0 radical (unpaired) electrons. The second kappa shape index (κ2) is 8.05. The van der Waals surface area contributed by atoms with Gasteiger partial charge in [0.15, 0.2) is 11.7 Å². The van der Waals surface area contributed by atoms with Crippen LogP contribution in [0.3, 0.4) is 0 Å². The van der Waals surface area contributed by atoms with Crippen LogP contribution in [0.4, 0.5) is 13.2 Å². The van der Waals surface area contributed by atoms with Crippen LogP contribution in [-0.4, -0.2) is 42.1 Å². The van der Waals surface area contributed by atoms with Crippen LogP contribution in [0.1, 0.15) is 23.5 Å². The molecule has 124 valence electrons. The Kier molecular flexibility index (Phi) is 6.37. The van der Waals surface area contributed by atoms with Gasteiger partial charge in [0.05, 0.1) is 5.01 Å². The molecule has 1 atom stereocenters. The molecule has 1 aromatic rings. The van der Waals surface area contributed by atoms with Crippen molar-refractivity contribution in [1.29, 1.82) is 0 Å². The predicted molar refractivity (Wildman–Crippen MR) is 85.7 cm³/mol. The van der Waals surface area contributed by atoms with Crippen molar-refractivity contribution in [2.45, 2.75) is 31.5 Å². The lowest BCUT2D eigenvalue weighted by Crippen LogP contribution is -2.46. The van der Waals surface area contributed by atoms with E-state index in [9.17, 15) is 13.2 Å². The van der Waals surface area contributed by atoms with E-state index < -0.39 is 11.9 Å². The summed E-state index contributed by atoms with van der Waals surface area (Å²) >= 11 is 2.96. The second-order valence-corrected chi connectivity index (χ2v) is 7.02. The van der Waals surface area contributed by atoms with Crippen LogP contribution in [0, 0.1) is 0 Å². The van der Waals surface area contributed by atoms with Crippen LogP contribution in [0.2, 0.25) is 0 Å². The number of nitrogens with one attached hydrogen (secondary N) is 2. The van der Waals surface area contributed by atoms with Gasteiger partial charge in [-0.1, -0.05) is 0 Å². The number of thiazole rings is 1. The lowest BCUT2D eigenvalue weighted by Gasteiger charge is -2.24. The minimum Gasteiger partial charge on any atom is -0.356 e. The molecule has 2 heterocycles. The van der Waals surface area contributed by atoms with Crippen LogP contribution in [0.5, 0.6) is 0 Å². The van der Waals surface area contributed by atoms with Gasteiger partial charge in [-0.3, -0.25) is 4.99 Å². The normalized spacial score (nSPS) is 20.0. The van der Waals surface area contributed by atoms with Gasteiger partial charge in [0.1, 0.15) is 0 Å². The topological polar surface area (TPSA) is 49.3 Å². The van der Waals surface area contributed by atoms with Crippen LogP contribution in [-0.2, 0) is 12.6 Å². The van der Waals surface area contributed by atoms with Gasteiger partial charge in [0, 0.05) is 37.2 Å². The van der Waals surface area contributed by atoms with E-state index in [1.165, 1.54) is 12.2 Å². The molecule has 0 bridgehead atoms. The third-order valence-corrected chi connectivity index (χ3v) is 5.32. The van der Waals surface area contributed by atoms with E-state index >= 15 is 0 Å². The molecule has 1 aliphatic rings. The monoisotopic (exact) mass is 352 g/mol. The highest BCUT2D eigenvalue weighted by atomic mass is 32.2. The Labute approximate surface area is 136 Å². The van der Waals surface area contributed by atoms with Gasteiger partial charge in [-0.25, -0.2) is 4.98 Å². The van der Waals surface area contributed by atoms with E-state index in [0.717, 1.165) is 28.9 Å². The average molecular weight is 352 g/mol. The third kappa shape index (κ3) is 5.35. The van der Waals surface area contributed by atoms with Crippen molar-refractivity contribution in [1.82, 2.24) is 15.6 Å². The maximum absolute atomic E-state index is 12.5. The van der Waals surface area contributed by atoms with Crippen molar-refractivity contribution in [3.05, 3.63) is 16.1 Å². The zero-order valence-electron chi connectivity index (χ0n) is 12.2. The molecule has 0 spiro atoms. The Morgan fingerprint density at radius 3 is 2.91 bits per heavy atom. The fraction of sp³-hybridized carbons (Fsp3) is 0.692. The molecule has 1 aliphatic heterocycles. The summed E-state index contributed by atoms with van der Waals surface area (Å²) < 4.78 is 37.4. The highest BCUT2D eigenvalue weighted by Gasteiger charge is 2.33. The summed E-state index contributed by atoms with van der Waals surface area (Å²) in [6.07, 6.45) is -1.60. The maximum atomic E-state index is 12.5. The lowest BCUT2D eigenvalue weighted by atomic mass is 10.2. The molecule has 22 heavy (non-hydrogen) atoms. The van der Waals surface area contributed by atoms with Gasteiger partial charge in [0.25, 0.3) is 0 Å². The first-order valence-corrected chi connectivity index (χ1v) is 9.09. The molecular weight excluding hydrogens is 333 g/mol. The van der Waals surface area contributed by atoms with Gasteiger partial charge in [-0.2, -0.15) is 24.9 Å². The highest BCUT2D eigenvalue weighted by Crippen LogP contribution is 2.29. The first-order valence-electron chi connectivity index (χ1n) is 7.05. The van der Waals surface area contributed by atoms with E-state index in [0.29, 0.717) is 30.0 Å². The molecule has 1 unspecified atom stereocenters. The molecule has 0 aliphatic carbocycles. The fourth-order valence-electron chi connectivity index (χ4n) is 2.09. The SMILES string of the molecule is CN=C(NCCc1nc(C(F)(F)F)cs1)NC1CCCSC1. The Bertz CT molecular complexity index is 496. The number of aliphatic imine (C=N–C) groups is 1. The smallest absolute Gasteiger partial charge is 0.356 e. The zero-order chi connectivity index (χ0) is 16.0. The van der Waals surface area contributed by atoms with Gasteiger partial charge >= 0.3 is 6.18 Å². The molecular formula is C13H19F3N4S2. The summed E-state index contributed by atoms with van der Waals surface area (Å²) in [7, 11) is 1.69. The minimum absolute atomic E-state index is 0.404. The summed E-state index contributed by atoms with van der Waals surface area (Å²) in [6.45, 7) is 0.504. The molecule has 1 aromatic heterocycles. The summed E-state index contributed by atoms with van der Waals surface area (Å²) in [4.78, 5) is 7.76.